The van der Waals surface area contributed by atoms with E-state index in [-0.39, 0.29) is 11.8 Å². The topological polar surface area (TPSA) is 83.0 Å². The number of hydrogen-bond acceptors (Lipinski definition) is 3. The molecule has 3 aromatic carbocycles. The van der Waals surface area contributed by atoms with Crippen LogP contribution >= 0.6 is 0 Å². The van der Waals surface area contributed by atoms with Gasteiger partial charge in [0.25, 0.3) is 5.91 Å². The van der Waals surface area contributed by atoms with Gasteiger partial charge >= 0.3 is 0 Å². The van der Waals surface area contributed by atoms with Gasteiger partial charge in [0, 0.05) is 49.9 Å². The van der Waals surface area contributed by atoms with Gasteiger partial charge in [0.15, 0.2) is 0 Å². The number of carbonyl (C=O) groups excluding carboxylic acids is 2. The summed E-state index contributed by atoms with van der Waals surface area (Å²) in [5.74, 6) is 1.59. The fraction of sp³-hybridized carbons (Fsp3) is 0.281. The molecule has 1 aliphatic heterocycles. The van der Waals surface area contributed by atoms with Crippen molar-refractivity contribution in [1.29, 1.82) is 0 Å². The van der Waals surface area contributed by atoms with Crippen LogP contribution in [0, 0.1) is 11.8 Å². The number of benzene rings is 3. The molecule has 1 saturated heterocycles. The normalized spacial score (nSPS) is 17.3. The lowest BCUT2D eigenvalue weighted by Crippen LogP contribution is -2.30. The number of carbonyl (C=O) groups is 2. The molecule has 2 aromatic heterocycles. The Labute approximate surface area is 226 Å². The average molecular weight is 518 g/mol. The summed E-state index contributed by atoms with van der Waals surface area (Å²) in [5.41, 5.74) is 6.70. The molecule has 0 spiro atoms. The van der Waals surface area contributed by atoms with E-state index < -0.39 is 0 Å². The molecule has 7 nitrogen and oxygen atoms in total. The molecule has 0 unspecified atom stereocenters. The molecule has 5 aromatic rings. The third-order valence-corrected chi connectivity index (χ3v) is 8.23. The number of para-hydroxylation sites is 1. The Morgan fingerprint density at radius 1 is 0.974 bits per heavy atom. The zero-order chi connectivity index (χ0) is 26.5. The lowest BCUT2D eigenvalue weighted by molar-refractivity contribution is -0.131. The van der Waals surface area contributed by atoms with Gasteiger partial charge in [-0.2, -0.15) is 0 Å². The van der Waals surface area contributed by atoms with Crippen molar-refractivity contribution in [1.82, 2.24) is 24.8 Å². The highest BCUT2D eigenvalue weighted by molar-refractivity contribution is 6.05. The molecule has 196 valence electrons. The molecule has 7 heteroatoms. The van der Waals surface area contributed by atoms with Crippen LogP contribution < -0.4 is 5.32 Å². The van der Waals surface area contributed by atoms with Crippen molar-refractivity contribution in [2.45, 2.75) is 25.8 Å². The highest BCUT2D eigenvalue weighted by Gasteiger charge is 2.37. The first-order chi connectivity index (χ1) is 19.1. The molecular formula is C32H31N5O2. The molecule has 0 bridgehead atoms. The van der Waals surface area contributed by atoms with Gasteiger partial charge in [0.05, 0.1) is 16.6 Å². The summed E-state index contributed by atoms with van der Waals surface area (Å²) in [4.78, 5) is 35.9. The number of amides is 2. The maximum atomic E-state index is 12.9. The monoisotopic (exact) mass is 517 g/mol. The van der Waals surface area contributed by atoms with Crippen molar-refractivity contribution in [2.24, 2.45) is 11.8 Å². The van der Waals surface area contributed by atoms with Crippen molar-refractivity contribution in [2.75, 3.05) is 20.1 Å². The summed E-state index contributed by atoms with van der Waals surface area (Å²) in [6.45, 7) is 2.28. The second kappa shape index (κ2) is 9.42. The number of aromatic amines is 1. The van der Waals surface area contributed by atoms with E-state index in [1.807, 2.05) is 29.3 Å². The number of H-pyrrole nitrogens is 1. The second-order valence-electron chi connectivity index (χ2n) is 10.9. The molecular weight excluding hydrogens is 486 g/mol. The van der Waals surface area contributed by atoms with Gasteiger partial charge in [0.1, 0.15) is 5.82 Å². The predicted molar refractivity (Wildman–Crippen MR) is 153 cm³/mol. The summed E-state index contributed by atoms with van der Waals surface area (Å²) in [5, 5.41) is 3.97. The SMILES string of the molecule is CNC(=O)c1cccc2nc(-c3ccc(-c4ccc5[nH]ccc5c4)cc3)n(C[C@@H]3CCN(C(=O)C4CC4)C3)c12. The van der Waals surface area contributed by atoms with Gasteiger partial charge in [-0.15, -0.1) is 0 Å². The van der Waals surface area contributed by atoms with Crippen LogP contribution in [0.5, 0.6) is 0 Å². The zero-order valence-electron chi connectivity index (χ0n) is 22.0. The maximum Gasteiger partial charge on any atom is 0.253 e. The largest absolute Gasteiger partial charge is 0.361 e. The molecule has 2 aliphatic rings. The Hall–Kier alpha value is -4.39. The van der Waals surface area contributed by atoms with Crippen LogP contribution in [-0.4, -0.2) is 51.4 Å². The number of nitrogens with zero attached hydrogens (tertiary/aromatic N) is 3. The maximum absolute atomic E-state index is 12.9. The van der Waals surface area contributed by atoms with Gasteiger partial charge in [-0.1, -0.05) is 36.4 Å². The molecule has 1 atom stereocenters. The minimum absolute atomic E-state index is 0.124. The van der Waals surface area contributed by atoms with E-state index in [2.05, 4.69) is 63.4 Å². The molecule has 0 radical (unpaired) electrons. The van der Waals surface area contributed by atoms with Crippen LogP contribution in [0.25, 0.3) is 44.5 Å². The van der Waals surface area contributed by atoms with Gasteiger partial charge in [0.2, 0.25) is 5.91 Å². The third kappa shape index (κ3) is 4.28. The average Bonchev–Trinajstić information content (AvgIpc) is 3.36. The number of aromatic nitrogens is 3. The van der Waals surface area contributed by atoms with E-state index in [1.165, 1.54) is 5.39 Å². The molecule has 7 rings (SSSR count). The summed E-state index contributed by atoms with van der Waals surface area (Å²) in [6, 6.07) is 22.8. The van der Waals surface area contributed by atoms with Crippen molar-refractivity contribution in [3.8, 4) is 22.5 Å². The van der Waals surface area contributed by atoms with Crippen molar-refractivity contribution < 1.29 is 9.59 Å². The van der Waals surface area contributed by atoms with E-state index in [0.717, 1.165) is 71.4 Å². The minimum atomic E-state index is -0.124. The van der Waals surface area contributed by atoms with Gasteiger partial charge in [-0.25, -0.2) is 4.98 Å². The Kier molecular flexibility index (Phi) is 5.72. The number of fused-ring (bicyclic) bond motifs is 2. The van der Waals surface area contributed by atoms with Crippen LogP contribution in [0.2, 0.25) is 0 Å². The first-order valence-electron chi connectivity index (χ1n) is 13.8. The smallest absolute Gasteiger partial charge is 0.253 e. The van der Waals surface area contributed by atoms with Crippen LogP contribution in [-0.2, 0) is 11.3 Å². The molecule has 2 fully saturated rings. The summed E-state index contributed by atoms with van der Waals surface area (Å²) in [7, 11) is 1.66. The minimum Gasteiger partial charge on any atom is -0.361 e. The Bertz CT molecular complexity index is 1710. The van der Waals surface area contributed by atoms with Crippen LogP contribution in [0.15, 0.2) is 72.9 Å². The van der Waals surface area contributed by atoms with E-state index in [4.69, 9.17) is 4.98 Å². The van der Waals surface area contributed by atoms with Gasteiger partial charge in [-0.05, 0) is 72.0 Å². The predicted octanol–water partition coefficient (Wildman–Crippen LogP) is 5.47. The molecule has 1 saturated carbocycles. The van der Waals surface area contributed by atoms with Crippen molar-refractivity contribution >= 4 is 33.8 Å². The molecule has 2 amide bonds. The first kappa shape index (κ1) is 23.7. The quantitative estimate of drug-likeness (QED) is 0.313. The van der Waals surface area contributed by atoms with E-state index in [1.54, 1.807) is 7.05 Å². The Morgan fingerprint density at radius 2 is 1.77 bits per heavy atom. The van der Waals surface area contributed by atoms with E-state index >= 15 is 0 Å². The summed E-state index contributed by atoms with van der Waals surface area (Å²) < 4.78 is 2.20. The molecule has 1 aliphatic carbocycles. The highest BCUT2D eigenvalue weighted by atomic mass is 16.2. The summed E-state index contributed by atoms with van der Waals surface area (Å²) in [6.07, 6.45) is 4.97. The van der Waals surface area contributed by atoms with E-state index in [9.17, 15) is 9.59 Å². The fourth-order valence-corrected chi connectivity index (χ4v) is 5.97. The van der Waals surface area contributed by atoms with Crippen molar-refractivity contribution in [3.05, 3.63) is 78.5 Å². The number of nitrogens with one attached hydrogen (secondary N) is 2. The van der Waals surface area contributed by atoms with E-state index in [0.29, 0.717) is 23.9 Å². The fourth-order valence-electron chi connectivity index (χ4n) is 5.97. The first-order valence-corrected chi connectivity index (χ1v) is 13.8. The van der Waals surface area contributed by atoms with Crippen LogP contribution in [0.4, 0.5) is 0 Å². The lowest BCUT2D eigenvalue weighted by Gasteiger charge is -2.18. The number of imidazole rings is 1. The zero-order valence-corrected chi connectivity index (χ0v) is 22.0. The van der Waals surface area contributed by atoms with Gasteiger partial charge < -0.3 is 19.8 Å². The van der Waals surface area contributed by atoms with Crippen molar-refractivity contribution in [3.63, 3.8) is 0 Å². The third-order valence-electron chi connectivity index (χ3n) is 8.23. The molecule has 2 N–H and O–H groups in total. The van der Waals surface area contributed by atoms with Crippen LogP contribution in [0.1, 0.15) is 29.6 Å². The molecule has 39 heavy (non-hydrogen) atoms. The number of rotatable bonds is 6. The highest BCUT2D eigenvalue weighted by Crippen LogP contribution is 2.35. The summed E-state index contributed by atoms with van der Waals surface area (Å²) >= 11 is 0. The van der Waals surface area contributed by atoms with Gasteiger partial charge in [-0.3, -0.25) is 9.59 Å². The molecule has 3 heterocycles. The van der Waals surface area contributed by atoms with Crippen LogP contribution in [0.3, 0.4) is 0 Å². The lowest BCUT2D eigenvalue weighted by atomic mass is 10.0. The number of likely N-dealkylation sites (tertiary alicyclic amines) is 1. The number of hydrogen-bond donors (Lipinski definition) is 2. The second-order valence-corrected chi connectivity index (χ2v) is 10.9. The standard InChI is InChI=1S/C32H31N5O2/c1-33-31(38)26-3-2-4-28-29(26)37(19-20-14-16-36(18-20)32(39)23-9-10-23)30(35-28)22-7-5-21(6-8-22)24-11-12-27-25(17-24)13-15-34-27/h2-8,11-13,15,17,20,23,34H,9-10,14,16,18-19H2,1H3,(H,33,38)/t20-/m1/s1. The Balaban J connectivity index is 1.26. The Morgan fingerprint density at radius 3 is 2.56 bits per heavy atom.